The number of nitrogens with one attached hydrogen (secondary N) is 3. The summed E-state index contributed by atoms with van der Waals surface area (Å²) in [6, 6.07) is -1.16. The lowest BCUT2D eigenvalue weighted by Crippen LogP contribution is -2.49. The zero-order valence-corrected chi connectivity index (χ0v) is 19.3. The van der Waals surface area contributed by atoms with Gasteiger partial charge in [-0.15, -0.1) is 0 Å². The van der Waals surface area contributed by atoms with Gasteiger partial charge in [-0.2, -0.15) is 0 Å². The third kappa shape index (κ3) is 8.63. The number of aliphatic carboxylic acids is 1. The molecular weight excluding hydrogens is 437 g/mol. The van der Waals surface area contributed by atoms with Crippen LogP contribution in [-0.4, -0.2) is 66.5 Å². The number of carbonyl (C=O) groups excluding carboxylic acids is 3. The van der Waals surface area contributed by atoms with Crippen LogP contribution in [0.25, 0.3) is 0 Å². The maximum atomic E-state index is 13.2. The Morgan fingerprint density at radius 3 is 2.63 bits per heavy atom. The van der Waals surface area contributed by atoms with Gasteiger partial charge in [0.1, 0.15) is 6.04 Å². The molecule has 1 fully saturated rings. The van der Waals surface area contributed by atoms with Crippen molar-refractivity contribution in [3.8, 4) is 0 Å². The van der Waals surface area contributed by atoms with Gasteiger partial charge in [0, 0.05) is 37.1 Å². The van der Waals surface area contributed by atoms with Crippen molar-refractivity contribution < 1.29 is 38.1 Å². The third-order valence-electron chi connectivity index (χ3n) is 4.15. The van der Waals surface area contributed by atoms with Gasteiger partial charge in [0.05, 0.1) is 6.61 Å². The van der Waals surface area contributed by atoms with Gasteiger partial charge >= 0.3 is 18.7 Å². The molecule has 1 aliphatic rings. The van der Waals surface area contributed by atoms with Crippen molar-refractivity contribution in [2.75, 3.05) is 25.4 Å². The first-order chi connectivity index (χ1) is 13.9. The van der Waals surface area contributed by atoms with Crippen molar-refractivity contribution in [1.29, 1.82) is 0 Å². The van der Waals surface area contributed by atoms with Crippen molar-refractivity contribution in [2.45, 2.75) is 52.7 Å². The van der Waals surface area contributed by atoms with Gasteiger partial charge in [-0.3, -0.25) is 23.7 Å². The molecule has 0 aliphatic carbocycles. The number of rotatable bonds is 5. The van der Waals surface area contributed by atoms with Crippen LogP contribution in [0.4, 0.5) is 0 Å². The zero-order chi connectivity index (χ0) is 22.9. The van der Waals surface area contributed by atoms with Crippen LogP contribution in [-0.2, 0) is 33.0 Å². The van der Waals surface area contributed by atoms with E-state index in [4.69, 9.17) is 14.4 Å². The fraction of sp³-hybridized carbons (Fsp3) is 0.765. The average molecular weight is 467 g/mol. The highest BCUT2D eigenvalue weighted by Gasteiger charge is 2.41. The van der Waals surface area contributed by atoms with Gasteiger partial charge in [-0.25, -0.2) is 5.09 Å². The molecule has 1 heterocycles. The summed E-state index contributed by atoms with van der Waals surface area (Å²) in [7, 11) is 0. The van der Waals surface area contributed by atoms with Gasteiger partial charge in [-0.05, 0) is 6.92 Å². The summed E-state index contributed by atoms with van der Waals surface area (Å²) in [5, 5.41) is 16.8. The molecule has 11 nitrogen and oxygen atoms in total. The minimum atomic E-state index is -3.72. The Balaban J connectivity index is 3.14. The van der Waals surface area contributed by atoms with Gasteiger partial charge in [0.2, 0.25) is 5.91 Å². The largest absolute Gasteiger partial charge is 0.480 e. The van der Waals surface area contributed by atoms with Crippen LogP contribution in [0.3, 0.4) is 0 Å². The Morgan fingerprint density at radius 2 is 2.03 bits per heavy atom. The molecule has 1 rings (SSSR count). The monoisotopic (exact) mass is 467 g/mol. The maximum absolute atomic E-state index is 13.2. The number of hydrogen-bond acceptors (Lipinski definition) is 8. The number of carbonyl (C=O) groups is 4. The lowest BCUT2D eigenvalue weighted by atomic mass is 9.86. The Kier molecular flexibility index (Phi) is 10.3. The van der Waals surface area contributed by atoms with E-state index in [-0.39, 0.29) is 44.2 Å². The van der Waals surface area contributed by atoms with E-state index in [1.54, 1.807) is 20.8 Å². The van der Waals surface area contributed by atoms with E-state index in [0.29, 0.717) is 0 Å². The predicted octanol–water partition coefficient (Wildman–Crippen LogP) is 0.891. The van der Waals surface area contributed by atoms with E-state index in [1.165, 1.54) is 6.92 Å². The van der Waals surface area contributed by atoms with Crippen molar-refractivity contribution in [1.82, 2.24) is 15.7 Å². The summed E-state index contributed by atoms with van der Waals surface area (Å²) >= 11 is 0.855. The minimum Gasteiger partial charge on any atom is -0.480 e. The molecule has 172 valence electrons. The lowest BCUT2D eigenvalue weighted by Gasteiger charge is -2.34. The van der Waals surface area contributed by atoms with E-state index in [2.05, 4.69) is 15.7 Å². The highest BCUT2D eigenvalue weighted by atomic mass is 32.7. The highest BCUT2D eigenvalue weighted by Crippen LogP contribution is 2.57. The molecule has 4 N–H and O–H groups in total. The third-order valence-corrected chi connectivity index (χ3v) is 8.25. The van der Waals surface area contributed by atoms with E-state index in [0.717, 1.165) is 11.4 Å². The molecule has 2 amide bonds. The summed E-state index contributed by atoms with van der Waals surface area (Å²) in [4.78, 5) is 47.5. The molecule has 0 radical (unpaired) electrons. The first kappa shape index (κ1) is 26.4. The topological polar surface area (TPSA) is 160 Å². The van der Waals surface area contributed by atoms with Crippen LogP contribution >= 0.6 is 18.1 Å². The molecule has 0 saturated carbocycles. The van der Waals surface area contributed by atoms with E-state index in [1.807, 2.05) is 0 Å². The van der Waals surface area contributed by atoms with Crippen molar-refractivity contribution >= 4 is 41.9 Å². The standard InChI is InChI=1S/C17H30N3O8PS/c1-5-13(22)28-14-15(23)19-7-6-12(21)18-8-9-30-29(26,20-11(2)16(24)25)27-10-17(14,3)4/h11,14H,5-10H2,1-4H3,(H,18,21)(H,19,23)(H,20,26)(H,24,25)/t11-,14-,29?/m0/s1. The summed E-state index contributed by atoms with van der Waals surface area (Å²) in [6.07, 6.45) is -1.19. The number of ether oxygens (including phenoxy) is 1. The number of carboxylic acids is 1. The fourth-order valence-corrected chi connectivity index (χ4v) is 6.17. The predicted molar refractivity (Wildman–Crippen MR) is 111 cm³/mol. The van der Waals surface area contributed by atoms with E-state index >= 15 is 0 Å². The molecule has 0 aromatic carbocycles. The molecule has 1 unspecified atom stereocenters. The van der Waals surface area contributed by atoms with Crippen molar-refractivity contribution in [3.63, 3.8) is 0 Å². The van der Waals surface area contributed by atoms with Crippen LogP contribution in [0, 0.1) is 5.41 Å². The summed E-state index contributed by atoms with van der Waals surface area (Å²) < 4.78 is 24.1. The minimum absolute atomic E-state index is 0.0216. The summed E-state index contributed by atoms with van der Waals surface area (Å²) in [6.45, 7) is 2.39. The van der Waals surface area contributed by atoms with Gasteiger partial charge in [0.25, 0.3) is 5.91 Å². The number of amides is 2. The molecule has 0 bridgehead atoms. The number of esters is 1. The van der Waals surface area contributed by atoms with Crippen LogP contribution in [0.5, 0.6) is 0 Å². The van der Waals surface area contributed by atoms with Crippen LogP contribution in [0.15, 0.2) is 0 Å². The average Bonchev–Trinajstić information content (AvgIpc) is 2.67. The SMILES string of the molecule is CCC(=O)O[C@H]1C(=O)NCCC(=O)NCCSP(=O)(N[C@@H](C)C(=O)O)OCC1(C)C. The Morgan fingerprint density at radius 1 is 1.37 bits per heavy atom. The smallest absolute Gasteiger partial charge is 0.327 e. The molecule has 30 heavy (non-hydrogen) atoms. The van der Waals surface area contributed by atoms with E-state index in [9.17, 15) is 23.7 Å². The zero-order valence-electron chi connectivity index (χ0n) is 17.6. The molecular formula is C17H30N3O8PS. The van der Waals surface area contributed by atoms with Crippen LogP contribution < -0.4 is 15.7 Å². The molecule has 1 saturated heterocycles. The summed E-state index contributed by atoms with van der Waals surface area (Å²) in [5.41, 5.74) is -1.09. The van der Waals surface area contributed by atoms with E-state index < -0.39 is 42.1 Å². The second kappa shape index (κ2) is 11.7. The molecule has 0 aromatic rings. The lowest BCUT2D eigenvalue weighted by molar-refractivity contribution is -0.164. The molecule has 13 heteroatoms. The summed E-state index contributed by atoms with van der Waals surface area (Å²) in [5.74, 6) is -2.53. The first-order valence-electron chi connectivity index (χ1n) is 9.54. The molecule has 3 atom stereocenters. The fourth-order valence-electron chi connectivity index (χ4n) is 2.35. The Bertz CT molecular complexity index is 702. The van der Waals surface area contributed by atoms with Crippen LogP contribution in [0.1, 0.15) is 40.5 Å². The second-order valence-corrected chi connectivity index (χ2v) is 11.8. The van der Waals surface area contributed by atoms with Crippen molar-refractivity contribution in [2.24, 2.45) is 5.41 Å². The molecule has 1 aliphatic heterocycles. The van der Waals surface area contributed by atoms with Gasteiger partial charge in [0.15, 0.2) is 6.10 Å². The number of hydrogen-bond donors (Lipinski definition) is 4. The molecule has 0 spiro atoms. The van der Waals surface area contributed by atoms with Gasteiger partial charge < -0.3 is 25.0 Å². The van der Waals surface area contributed by atoms with Gasteiger partial charge in [-0.1, -0.05) is 32.2 Å². The first-order valence-corrected chi connectivity index (χ1v) is 12.8. The quantitative estimate of drug-likeness (QED) is 0.338. The number of carboxylic acid groups (broad SMARTS) is 1. The molecule has 0 aromatic heterocycles. The Labute approximate surface area is 179 Å². The maximum Gasteiger partial charge on any atom is 0.327 e. The normalized spacial score (nSPS) is 27.1. The second-order valence-electron chi connectivity index (χ2n) is 7.40. The van der Waals surface area contributed by atoms with Crippen molar-refractivity contribution in [3.05, 3.63) is 0 Å². The Hall–Kier alpha value is -1.62. The van der Waals surface area contributed by atoms with Crippen LogP contribution in [0.2, 0.25) is 0 Å². The highest BCUT2D eigenvalue weighted by molar-refractivity contribution is 8.56.